The van der Waals surface area contributed by atoms with E-state index in [-0.39, 0.29) is 18.1 Å². The topological polar surface area (TPSA) is 81.8 Å². The number of aliphatic carboxylic acids is 1. The van der Waals surface area contributed by atoms with Gasteiger partial charge in [-0.3, -0.25) is 0 Å². The standard InChI is InChI=1S/C11H10F3NO4/c12-11(13,14)10(15,9(16)17)4-6-1-2-7-8(3-6)19-5-18-7/h1-3H,4-5,15H2,(H,16,17). The van der Waals surface area contributed by atoms with E-state index in [0.29, 0.717) is 5.75 Å². The van der Waals surface area contributed by atoms with Gasteiger partial charge in [-0.2, -0.15) is 13.2 Å². The molecular weight excluding hydrogens is 267 g/mol. The largest absolute Gasteiger partial charge is 0.480 e. The number of nitrogens with two attached hydrogens (primary N) is 1. The first kappa shape index (κ1) is 13.5. The van der Waals surface area contributed by atoms with Crippen LogP contribution in [0.5, 0.6) is 11.5 Å². The summed E-state index contributed by atoms with van der Waals surface area (Å²) < 4.78 is 48.3. The number of hydrogen-bond acceptors (Lipinski definition) is 4. The third kappa shape index (κ3) is 2.30. The zero-order chi connectivity index (χ0) is 14.3. The van der Waals surface area contributed by atoms with Gasteiger partial charge in [0.2, 0.25) is 12.3 Å². The molecule has 0 fully saturated rings. The molecule has 2 rings (SSSR count). The van der Waals surface area contributed by atoms with Gasteiger partial charge in [0.15, 0.2) is 11.5 Å². The lowest BCUT2D eigenvalue weighted by molar-refractivity contribution is -0.201. The average Bonchev–Trinajstić information content (AvgIpc) is 2.74. The Hall–Kier alpha value is -1.96. The molecule has 0 saturated carbocycles. The first-order valence-corrected chi connectivity index (χ1v) is 5.21. The molecule has 0 aliphatic carbocycles. The lowest BCUT2D eigenvalue weighted by Crippen LogP contribution is -2.61. The predicted octanol–water partition coefficient (Wildman–Crippen LogP) is 1.30. The maximum atomic E-state index is 12.8. The lowest BCUT2D eigenvalue weighted by Gasteiger charge is -2.27. The quantitative estimate of drug-likeness (QED) is 0.870. The summed E-state index contributed by atoms with van der Waals surface area (Å²) in [7, 11) is 0. The Morgan fingerprint density at radius 1 is 1.32 bits per heavy atom. The van der Waals surface area contributed by atoms with Gasteiger partial charge in [-0.25, -0.2) is 4.79 Å². The number of alkyl halides is 3. The molecule has 5 nitrogen and oxygen atoms in total. The highest BCUT2D eigenvalue weighted by Gasteiger charge is 2.58. The molecular formula is C11H10F3NO4. The fraction of sp³-hybridized carbons (Fsp3) is 0.364. The second-order valence-electron chi connectivity index (χ2n) is 4.14. The van der Waals surface area contributed by atoms with E-state index in [1.807, 2.05) is 0 Å². The fourth-order valence-electron chi connectivity index (χ4n) is 1.67. The zero-order valence-electron chi connectivity index (χ0n) is 9.53. The molecule has 3 N–H and O–H groups in total. The van der Waals surface area contributed by atoms with Gasteiger partial charge in [0.05, 0.1) is 0 Å². The van der Waals surface area contributed by atoms with E-state index in [9.17, 15) is 18.0 Å². The van der Waals surface area contributed by atoms with Crippen molar-refractivity contribution in [3.8, 4) is 11.5 Å². The minimum atomic E-state index is -5.06. The summed E-state index contributed by atoms with van der Waals surface area (Å²) in [5, 5.41) is 8.72. The first-order chi connectivity index (χ1) is 8.74. The van der Waals surface area contributed by atoms with Crippen molar-refractivity contribution in [3.05, 3.63) is 23.8 Å². The van der Waals surface area contributed by atoms with Crippen LogP contribution < -0.4 is 15.2 Å². The molecule has 0 bridgehead atoms. The van der Waals surface area contributed by atoms with Crippen LogP contribution in [-0.4, -0.2) is 29.6 Å². The Kier molecular flexibility index (Phi) is 3.05. The highest BCUT2D eigenvalue weighted by molar-refractivity contribution is 5.80. The Morgan fingerprint density at radius 3 is 2.53 bits per heavy atom. The van der Waals surface area contributed by atoms with E-state index in [1.165, 1.54) is 18.2 Å². The highest BCUT2D eigenvalue weighted by atomic mass is 19.4. The molecule has 19 heavy (non-hydrogen) atoms. The van der Waals surface area contributed by atoms with Crippen molar-refractivity contribution < 1.29 is 32.5 Å². The third-order valence-electron chi connectivity index (χ3n) is 2.81. The van der Waals surface area contributed by atoms with Crippen molar-refractivity contribution in [1.82, 2.24) is 0 Å². The maximum Gasteiger partial charge on any atom is 0.417 e. The predicted molar refractivity (Wildman–Crippen MR) is 56.9 cm³/mol. The zero-order valence-corrected chi connectivity index (χ0v) is 9.53. The molecule has 8 heteroatoms. The number of benzene rings is 1. The average molecular weight is 277 g/mol. The summed E-state index contributed by atoms with van der Waals surface area (Å²) in [4.78, 5) is 10.8. The number of hydrogen-bond donors (Lipinski definition) is 2. The number of carbonyl (C=O) groups is 1. The number of fused-ring (bicyclic) bond motifs is 1. The smallest absolute Gasteiger partial charge is 0.417 e. The van der Waals surface area contributed by atoms with Crippen LogP contribution in [0.15, 0.2) is 18.2 Å². The fourth-order valence-corrected chi connectivity index (χ4v) is 1.67. The van der Waals surface area contributed by atoms with Crippen molar-refractivity contribution in [2.24, 2.45) is 5.73 Å². The van der Waals surface area contributed by atoms with E-state index >= 15 is 0 Å². The molecule has 0 spiro atoms. The van der Waals surface area contributed by atoms with E-state index in [4.69, 9.17) is 20.3 Å². The van der Waals surface area contributed by atoms with Crippen molar-refractivity contribution >= 4 is 5.97 Å². The van der Waals surface area contributed by atoms with Crippen LogP contribution >= 0.6 is 0 Å². The lowest BCUT2D eigenvalue weighted by atomic mass is 9.91. The summed E-state index contributed by atoms with van der Waals surface area (Å²) in [6, 6.07) is 4.03. The molecule has 1 atom stereocenters. The molecule has 1 aliphatic rings. The molecule has 1 heterocycles. The van der Waals surface area contributed by atoms with Crippen LogP contribution in [0.25, 0.3) is 0 Å². The Labute approximate surface area is 105 Å². The molecule has 1 aromatic carbocycles. The van der Waals surface area contributed by atoms with Gasteiger partial charge in [-0.05, 0) is 17.7 Å². The van der Waals surface area contributed by atoms with Crippen molar-refractivity contribution in [1.29, 1.82) is 0 Å². The minimum absolute atomic E-state index is 0.0231. The first-order valence-electron chi connectivity index (χ1n) is 5.21. The summed E-state index contributed by atoms with van der Waals surface area (Å²) in [6.45, 7) is -0.0231. The van der Waals surface area contributed by atoms with E-state index < -0.39 is 24.1 Å². The van der Waals surface area contributed by atoms with Gasteiger partial charge in [0, 0.05) is 6.42 Å². The Balaban J connectivity index is 2.30. The van der Waals surface area contributed by atoms with Crippen LogP contribution in [0.3, 0.4) is 0 Å². The van der Waals surface area contributed by atoms with E-state index in [1.54, 1.807) is 0 Å². The summed E-state index contributed by atoms with van der Waals surface area (Å²) in [6.07, 6.45) is -5.95. The molecule has 0 aromatic heterocycles. The van der Waals surface area contributed by atoms with E-state index in [0.717, 1.165) is 0 Å². The van der Waals surface area contributed by atoms with Crippen molar-refractivity contribution in [2.75, 3.05) is 6.79 Å². The Morgan fingerprint density at radius 2 is 1.95 bits per heavy atom. The van der Waals surface area contributed by atoms with Crippen LogP contribution in [0.2, 0.25) is 0 Å². The minimum Gasteiger partial charge on any atom is -0.480 e. The molecule has 104 valence electrons. The number of carboxylic acids is 1. The molecule has 0 radical (unpaired) electrons. The second kappa shape index (κ2) is 4.30. The third-order valence-corrected chi connectivity index (χ3v) is 2.81. The molecule has 1 aromatic rings. The maximum absolute atomic E-state index is 12.8. The van der Waals surface area contributed by atoms with Gasteiger partial charge in [-0.1, -0.05) is 6.07 Å². The summed E-state index contributed by atoms with van der Waals surface area (Å²) in [5.41, 5.74) is 1.77. The number of halogens is 3. The van der Waals surface area contributed by atoms with Gasteiger partial charge in [0.1, 0.15) is 0 Å². The number of ether oxygens (including phenoxy) is 2. The molecule has 1 unspecified atom stereocenters. The molecule has 0 saturated heterocycles. The highest BCUT2D eigenvalue weighted by Crippen LogP contribution is 2.36. The number of carboxylic acid groups (broad SMARTS) is 1. The van der Waals surface area contributed by atoms with Crippen LogP contribution in [-0.2, 0) is 11.2 Å². The van der Waals surface area contributed by atoms with Crippen molar-refractivity contribution in [2.45, 2.75) is 18.1 Å². The van der Waals surface area contributed by atoms with E-state index in [2.05, 4.69) is 0 Å². The van der Waals surface area contributed by atoms with Crippen molar-refractivity contribution in [3.63, 3.8) is 0 Å². The SMILES string of the molecule is NC(Cc1ccc2c(c1)OCO2)(C(=O)O)C(F)(F)F. The molecule has 0 amide bonds. The summed E-state index contributed by atoms with van der Waals surface area (Å²) in [5.74, 6) is -1.46. The van der Waals surface area contributed by atoms with Gasteiger partial charge in [-0.15, -0.1) is 0 Å². The normalized spacial score (nSPS) is 17.1. The van der Waals surface area contributed by atoms with Crippen LogP contribution in [0, 0.1) is 0 Å². The monoisotopic (exact) mass is 277 g/mol. The van der Waals surface area contributed by atoms with Gasteiger partial charge in [0.25, 0.3) is 0 Å². The van der Waals surface area contributed by atoms with Crippen LogP contribution in [0.1, 0.15) is 5.56 Å². The molecule has 1 aliphatic heterocycles. The number of rotatable bonds is 3. The second-order valence-corrected chi connectivity index (χ2v) is 4.14. The van der Waals surface area contributed by atoms with Crippen LogP contribution in [0.4, 0.5) is 13.2 Å². The van der Waals surface area contributed by atoms with Gasteiger partial charge < -0.3 is 20.3 Å². The Bertz CT molecular complexity index is 517. The summed E-state index contributed by atoms with van der Waals surface area (Å²) >= 11 is 0. The van der Waals surface area contributed by atoms with Gasteiger partial charge >= 0.3 is 12.1 Å².